The van der Waals surface area contributed by atoms with Crippen molar-refractivity contribution in [1.29, 1.82) is 0 Å². The van der Waals surface area contributed by atoms with Crippen LogP contribution in [0.3, 0.4) is 0 Å². The van der Waals surface area contributed by atoms with E-state index in [2.05, 4.69) is 34.6 Å². The number of ether oxygens (including phenoxy) is 9. The second-order valence-corrected chi connectivity index (χ2v) is 25.9. The van der Waals surface area contributed by atoms with Gasteiger partial charge in [-0.3, -0.25) is 4.79 Å². The zero-order valence-electron chi connectivity index (χ0n) is 44.7. The van der Waals surface area contributed by atoms with Crippen LogP contribution in [0, 0.1) is 38.9 Å². The van der Waals surface area contributed by atoms with Crippen molar-refractivity contribution >= 4 is 5.97 Å². The fourth-order valence-corrected chi connectivity index (χ4v) is 16.8. The number of aliphatic hydroxyl groups is 13. The van der Waals surface area contributed by atoms with Crippen molar-refractivity contribution in [3.63, 3.8) is 0 Å². The van der Waals surface area contributed by atoms with Crippen LogP contribution in [0.1, 0.15) is 113 Å². The molecule has 23 nitrogen and oxygen atoms in total. The lowest BCUT2D eigenvalue weighted by molar-refractivity contribution is -0.401. The van der Waals surface area contributed by atoms with Crippen LogP contribution in [0.15, 0.2) is 11.1 Å². The number of esters is 1. The van der Waals surface area contributed by atoms with Crippen LogP contribution in [-0.4, -0.2) is 232 Å². The predicted octanol–water partition coefficient (Wildman–Crippen LogP) is -2.12. The van der Waals surface area contributed by atoms with Gasteiger partial charge in [0.15, 0.2) is 25.2 Å². The first-order chi connectivity index (χ1) is 35.5. The first-order valence-electron chi connectivity index (χ1n) is 27.4. The highest BCUT2D eigenvalue weighted by Crippen LogP contribution is 2.77. The van der Waals surface area contributed by atoms with E-state index < -0.39 is 176 Å². The van der Waals surface area contributed by atoms with Gasteiger partial charge in [0.1, 0.15) is 96.7 Å². The van der Waals surface area contributed by atoms with E-state index in [-0.39, 0.29) is 28.6 Å². The summed E-state index contributed by atoms with van der Waals surface area (Å²) < 4.78 is 55.5. The van der Waals surface area contributed by atoms with Crippen LogP contribution in [0.5, 0.6) is 0 Å². The number of rotatable bonds is 10. The molecule has 0 radical (unpaired) electrons. The Kier molecular flexibility index (Phi) is 15.0. The van der Waals surface area contributed by atoms with Crippen molar-refractivity contribution in [2.45, 2.75) is 253 Å². The molecule has 5 aliphatic carbocycles. The van der Waals surface area contributed by atoms with Gasteiger partial charge in [-0.15, -0.1) is 0 Å². The van der Waals surface area contributed by atoms with Gasteiger partial charge in [-0.2, -0.15) is 0 Å². The highest BCUT2D eigenvalue weighted by atomic mass is 16.8. The summed E-state index contributed by atoms with van der Waals surface area (Å²) in [6.07, 6.45) is -28.3. The minimum Gasteiger partial charge on any atom is -0.455 e. The molecule has 0 unspecified atom stereocenters. The minimum absolute atomic E-state index is 0.000302. The molecule has 76 heavy (non-hydrogen) atoms. The van der Waals surface area contributed by atoms with Crippen molar-refractivity contribution in [1.82, 2.24) is 0 Å². The van der Waals surface area contributed by atoms with Crippen LogP contribution in [0.2, 0.25) is 0 Å². The van der Waals surface area contributed by atoms with E-state index in [1.807, 2.05) is 0 Å². The van der Waals surface area contributed by atoms with Gasteiger partial charge in [0.05, 0.1) is 43.5 Å². The average molecular weight is 1090 g/mol. The highest BCUT2D eigenvalue weighted by molar-refractivity contribution is 5.86. The number of carbonyl (C=O) groups excluding carboxylic acids is 1. The first kappa shape index (κ1) is 57.6. The van der Waals surface area contributed by atoms with Crippen molar-refractivity contribution in [3.05, 3.63) is 11.1 Å². The third kappa shape index (κ3) is 8.33. The van der Waals surface area contributed by atoms with E-state index in [0.717, 1.165) is 18.4 Å². The zero-order chi connectivity index (χ0) is 55.4. The summed E-state index contributed by atoms with van der Waals surface area (Å²) in [6, 6.07) is 0. The average Bonchev–Trinajstić information content (AvgIpc) is 3.50. The molecule has 13 N–H and O–H groups in total. The molecule has 6 saturated heterocycles. The Labute approximate surface area is 441 Å². The minimum atomic E-state index is -1.97. The summed E-state index contributed by atoms with van der Waals surface area (Å²) in [5.41, 5.74) is -4.01. The molecule has 6 heterocycles. The second-order valence-electron chi connectivity index (χ2n) is 25.9. The Balaban J connectivity index is 0.945. The van der Waals surface area contributed by atoms with E-state index in [4.69, 9.17) is 42.6 Å². The molecule has 11 aliphatic rings. The molecule has 2 bridgehead atoms. The van der Waals surface area contributed by atoms with Gasteiger partial charge in [-0.1, -0.05) is 34.6 Å². The standard InChI is InChI=1S/C53H84O23/c1-21-30(58)33(61)36(64)42(69-21)75-40-38(73-45-39(35(63)32(60)25(19-55)71-45)74-43-37(65)34(62)31(59)24(18-54)70-43)23(57)20-68-44(40)72-28-10-11-48(4)26(47(28,2)3)9-12-49(5)27(48)17-22(56)29-41-52(8,67)51(7)14-16-53(41,46(66)76-51)15-13-50(29,49)6/h21-28,30-40,42-45,54-65,67H,9-20H2,1-8H3/t21-,22+,23+,24+,25+,26-,27+,28-,30-,31+,32+,33+,34-,35-,36+,37+,38-,39+,40+,42-,43-,44-,45-,48-,49+,50+,51-,52-,53+/m0/s1. The van der Waals surface area contributed by atoms with E-state index in [1.165, 1.54) is 6.92 Å². The quantitative estimate of drug-likeness (QED) is 0.0632. The van der Waals surface area contributed by atoms with Crippen LogP contribution >= 0.6 is 0 Å². The zero-order valence-corrected chi connectivity index (χ0v) is 44.7. The topological polar surface area (TPSA) is 363 Å². The Bertz CT molecular complexity index is 2200. The maximum Gasteiger partial charge on any atom is 0.317 e. The van der Waals surface area contributed by atoms with Gasteiger partial charge < -0.3 is 109 Å². The van der Waals surface area contributed by atoms with Crippen molar-refractivity contribution in [3.8, 4) is 0 Å². The van der Waals surface area contributed by atoms with Crippen LogP contribution in [-0.2, 0) is 47.4 Å². The molecular formula is C53H84O23. The summed E-state index contributed by atoms with van der Waals surface area (Å²) in [6.45, 7) is 14.0. The molecule has 434 valence electrons. The molecule has 6 aliphatic heterocycles. The maximum absolute atomic E-state index is 13.9. The maximum atomic E-state index is 13.9. The molecule has 29 atom stereocenters. The van der Waals surface area contributed by atoms with Gasteiger partial charge in [0.25, 0.3) is 0 Å². The van der Waals surface area contributed by atoms with Gasteiger partial charge in [-0.25, -0.2) is 0 Å². The number of carbonyl (C=O) groups is 1. The SMILES string of the molecule is C[C@@H]1O[C@@H](O[C@H]2[C@H](O[C@H]3CC[C@]4(C)[C@H]5C[C@@H](O)C6=C7[C@]8(CC[C@](C)(OC8=O)[C@@]7(C)O)CC[C@@]6(C)[C@]5(C)CC[C@H]4C3(C)C)OC[C@@H](O)[C@@H]2O[C@@H]2O[C@H](CO)[C@@H](O)[C@H](O)[C@H]2O[C@@H]2O[C@H](CO)[C@@H](O)[C@H](O)[C@H]2O)[C@H](O)[C@H](O)[C@H]1O. The Morgan fingerprint density at radius 3 is 1.80 bits per heavy atom. The van der Waals surface area contributed by atoms with Crippen molar-refractivity contribution in [2.24, 2.45) is 38.9 Å². The third-order valence-electron chi connectivity index (χ3n) is 21.7. The first-order valence-corrected chi connectivity index (χ1v) is 27.4. The Morgan fingerprint density at radius 2 is 1.16 bits per heavy atom. The van der Waals surface area contributed by atoms with E-state index in [9.17, 15) is 71.2 Å². The summed E-state index contributed by atoms with van der Waals surface area (Å²) in [7, 11) is 0. The Hall–Kier alpha value is -1.63. The number of fused-ring (bicyclic) bond motifs is 7. The van der Waals surface area contributed by atoms with Crippen LogP contribution in [0.4, 0.5) is 0 Å². The highest BCUT2D eigenvalue weighted by Gasteiger charge is 2.75. The lowest BCUT2D eigenvalue weighted by Crippen LogP contribution is -2.72. The van der Waals surface area contributed by atoms with E-state index in [0.29, 0.717) is 50.5 Å². The fourth-order valence-electron chi connectivity index (χ4n) is 16.8. The molecule has 10 fully saturated rings. The normalized spacial score (nSPS) is 57.0. The van der Waals surface area contributed by atoms with Crippen molar-refractivity contribution in [2.75, 3.05) is 19.8 Å². The third-order valence-corrected chi connectivity index (χ3v) is 21.7. The lowest BCUT2D eigenvalue weighted by atomic mass is 9.33. The molecule has 0 aromatic carbocycles. The monoisotopic (exact) mass is 1090 g/mol. The van der Waals surface area contributed by atoms with Gasteiger partial charge in [0.2, 0.25) is 0 Å². The summed E-state index contributed by atoms with van der Waals surface area (Å²) in [5, 5.41) is 144. The smallest absolute Gasteiger partial charge is 0.317 e. The van der Waals surface area contributed by atoms with Crippen molar-refractivity contribution < 1.29 is 114 Å². The molecule has 0 aromatic rings. The number of aliphatic hydroxyl groups excluding tert-OH is 12. The molecule has 0 amide bonds. The molecule has 1 spiro atoms. The largest absolute Gasteiger partial charge is 0.455 e. The summed E-state index contributed by atoms with van der Waals surface area (Å²) in [4.78, 5) is 13.9. The molecule has 0 aromatic heterocycles. The summed E-state index contributed by atoms with van der Waals surface area (Å²) in [5.74, 6) is -0.316. The van der Waals surface area contributed by atoms with Gasteiger partial charge in [-0.05, 0) is 123 Å². The molecule has 4 saturated carbocycles. The fraction of sp³-hybridized carbons (Fsp3) is 0.943. The van der Waals surface area contributed by atoms with E-state index in [1.54, 1.807) is 13.8 Å². The predicted molar refractivity (Wildman–Crippen MR) is 256 cm³/mol. The molecule has 11 rings (SSSR count). The van der Waals surface area contributed by atoms with Gasteiger partial charge in [0, 0.05) is 0 Å². The summed E-state index contributed by atoms with van der Waals surface area (Å²) >= 11 is 0. The van der Waals surface area contributed by atoms with Crippen LogP contribution < -0.4 is 0 Å². The number of hydrogen-bond acceptors (Lipinski definition) is 23. The Morgan fingerprint density at radius 1 is 0.579 bits per heavy atom. The number of hydrogen-bond donors (Lipinski definition) is 13. The second kappa shape index (κ2) is 19.8. The lowest BCUT2D eigenvalue weighted by Gasteiger charge is -2.73. The van der Waals surface area contributed by atoms with Crippen LogP contribution in [0.25, 0.3) is 0 Å². The van der Waals surface area contributed by atoms with Gasteiger partial charge >= 0.3 is 5.97 Å². The van der Waals surface area contributed by atoms with E-state index >= 15 is 0 Å². The molecule has 23 heteroatoms. The molecular weight excluding hydrogens is 1000 g/mol.